The molecule has 0 unspecified atom stereocenters. The normalized spacial score (nSPS) is 20.1. The molecular weight excluding hydrogens is 252 g/mol. The lowest BCUT2D eigenvalue weighted by Crippen LogP contribution is -2.42. The van der Waals surface area contributed by atoms with E-state index in [1.165, 1.54) is 22.5 Å². The van der Waals surface area contributed by atoms with Gasteiger partial charge in [0.2, 0.25) is 10.0 Å². The monoisotopic (exact) mass is 270 g/mol. The maximum Gasteiger partial charge on any atom is 0.243 e. The van der Waals surface area contributed by atoms with E-state index in [9.17, 15) is 13.5 Å². The molecule has 0 spiro atoms. The first kappa shape index (κ1) is 13.2. The molecule has 6 heteroatoms. The molecule has 18 heavy (non-hydrogen) atoms. The molecule has 3 N–H and O–H groups in total. The first-order valence-corrected chi connectivity index (χ1v) is 7.30. The Balaban J connectivity index is 2.45. The summed E-state index contributed by atoms with van der Waals surface area (Å²) >= 11 is 0. The third-order valence-corrected chi connectivity index (χ3v) is 5.52. The van der Waals surface area contributed by atoms with Crippen LogP contribution in [0, 0.1) is 0 Å². The van der Waals surface area contributed by atoms with E-state index in [4.69, 9.17) is 5.73 Å². The van der Waals surface area contributed by atoms with Crippen molar-refractivity contribution in [3.05, 3.63) is 18.2 Å². The Hall–Kier alpha value is -1.27. The lowest BCUT2D eigenvalue weighted by atomic mass is 10.0. The fourth-order valence-electron chi connectivity index (χ4n) is 2.35. The van der Waals surface area contributed by atoms with Gasteiger partial charge in [-0.25, -0.2) is 8.42 Å². The summed E-state index contributed by atoms with van der Waals surface area (Å²) in [6.07, 6.45) is 1.71. The first-order chi connectivity index (χ1) is 8.25. The smallest absolute Gasteiger partial charge is 0.243 e. The van der Waals surface area contributed by atoms with Crippen LogP contribution < -0.4 is 5.73 Å². The molecule has 0 bridgehead atoms. The van der Waals surface area contributed by atoms with Crippen molar-refractivity contribution in [3.8, 4) is 5.75 Å². The zero-order valence-corrected chi connectivity index (χ0v) is 11.4. The summed E-state index contributed by atoms with van der Waals surface area (Å²) in [5.74, 6) is -0.102. The van der Waals surface area contributed by atoms with Gasteiger partial charge in [-0.3, -0.25) is 0 Å². The number of sulfonamides is 1. The number of phenols is 1. The summed E-state index contributed by atoms with van der Waals surface area (Å²) in [6.45, 7) is 4.36. The van der Waals surface area contributed by atoms with Gasteiger partial charge in [0.1, 0.15) is 5.75 Å². The fraction of sp³-hybridized carbons (Fsp3) is 0.500. The molecule has 100 valence electrons. The van der Waals surface area contributed by atoms with Crippen molar-refractivity contribution in [1.29, 1.82) is 0 Å². The average Bonchev–Trinajstić information content (AvgIpc) is 2.62. The number of benzene rings is 1. The maximum absolute atomic E-state index is 12.5. The third kappa shape index (κ3) is 2.06. The number of hydrogen-bond acceptors (Lipinski definition) is 4. The van der Waals surface area contributed by atoms with Gasteiger partial charge in [0.15, 0.2) is 0 Å². The molecule has 0 saturated carbocycles. The van der Waals surface area contributed by atoms with Gasteiger partial charge in [0.05, 0.1) is 10.6 Å². The molecule has 1 fully saturated rings. The van der Waals surface area contributed by atoms with Crippen LogP contribution in [0.3, 0.4) is 0 Å². The highest BCUT2D eigenvalue weighted by Crippen LogP contribution is 2.35. The van der Waals surface area contributed by atoms with Gasteiger partial charge < -0.3 is 10.8 Å². The molecule has 2 rings (SSSR count). The van der Waals surface area contributed by atoms with Crippen LogP contribution in [0.25, 0.3) is 0 Å². The second kappa shape index (κ2) is 4.13. The van der Waals surface area contributed by atoms with Crippen LogP contribution in [0.4, 0.5) is 5.69 Å². The maximum atomic E-state index is 12.5. The summed E-state index contributed by atoms with van der Waals surface area (Å²) in [6, 6.07) is 4.00. The molecule has 0 aliphatic carbocycles. The lowest BCUT2D eigenvalue weighted by Gasteiger charge is -2.30. The van der Waals surface area contributed by atoms with Gasteiger partial charge >= 0.3 is 0 Å². The van der Waals surface area contributed by atoms with Crippen molar-refractivity contribution in [3.63, 3.8) is 0 Å². The highest BCUT2D eigenvalue weighted by atomic mass is 32.2. The average molecular weight is 270 g/mol. The van der Waals surface area contributed by atoms with Crippen LogP contribution in [0.5, 0.6) is 5.75 Å². The quantitative estimate of drug-likeness (QED) is 0.630. The zero-order valence-electron chi connectivity index (χ0n) is 10.5. The number of aromatic hydroxyl groups is 1. The minimum absolute atomic E-state index is 0.0769. The Labute approximate surface area is 107 Å². The van der Waals surface area contributed by atoms with Crippen molar-refractivity contribution >= 4 is 15.7 Å². The van der Waals surface area contributed by atoms with Crippen molar-refractivity contribution < 1.29 is 13.5 Å². The van der Waals surface area contributed by atoms with E-state index in [0.29, 0.717) is 6.54 Å². The number of rotatable bonds is 2. The van der Waals surface area contributed by atoms with Gasteiger partial charge in [0.25, 0.3) is 0 Å². The highest BCUT2D eigenvalue weighted by Gasteiger charge is 2.40. The summed E-state index contributed by atoms with van der Waals surface area (Å²) in [4.78, 5) is 0.132. The summed E-state index contributed by atoms with van der Waals surface area (Å²) in [5.41, 5.74) is 5.26. The summed E-state index contributed by atoms with van der Waals surface area (Å²) < 4.78 is 26.5. The van der Waals surface area contributed by atoms with E-state index in [-0.39, 0.29) is 21.9 Å². The minimum Gasteiger partial charge on any atom is -0.506 e. The molecule has 1 aromatic carbocycles. The molecule has 1 aliphatic heterocycles. The van der Waals surface area contributed by atoms with Gasteiger partial charge in [-0.2, -0.15) is 4.31 Å². The molecule has 0 radical (unpaired) electrons. The second-order valence-electron chi connectivity index (χ2n) is 5.21. The Morgan fingerprint density at radius 3 is 2.56 bits per heavy atom. The van der Waals surface area contributed by atoms with Gasteiger partial charge in [-0.05, 0) is 44.9 Å². The van der Waals surface area contributed by atoms with E-state index >= 15 is 0 Å². The van der Waals surface area contributed by atoms with E-state index in [2.05, 4.69) is 0 Å². The minimum atomic E-state index is -3.54. The van der Waals surface area contributed by atoms with Crippen molar-refractivity contribution in [1.82, 2.24) is 4.31 Å². The van der Waals surface area contributed by atoms with Crippen LogP contribution in [-0.2, 0) is 10.0 Å². The van der Waals surface area contributed by atoms with Crippen LogP contribution in [0.15, 0.2) is 23.1 Å². The molecule has 1 heterocycles. The van der Waals surface area contributed by atoms with E-state index in [1.807, 2.05) is 13.8 Å². The molecular formula is C12H18N2O3S. The Kier molecular flexibility index (Phi) is 3.03. The van der Waals surface area contributed by atoms with E-state index in [0.717, 1.165) is 12.8 Å². The predicted molar refractivity (Wildman–Crippen MR) is 69.7 cm³/mol. The molecule has 1 saturated heterocycles. The first-order valence-electron chi connectivity index (χ1n) is 5.86. The molecule has 0 amide bonds. The number of nitrogen functional groups attached to an aromatic ring is 1. The Morgan fingerprint density at radius 2 is 2.06 bits per heavy atom. The summed E-state index contributed by atoms with van der Waals surface area (Å²) in [5, 5.41) is 9.34. The summed E-state index contributed by atoms with van der Waals surface area (Å²) in [7, 11) is -3.54. The van der Waals surface area contributed by atoms with Gasteiger partial charge in [-0.1, -0.05) is 0 Å². The number of nitrogens with zero attached hydrogens (tertiary/aromatic N) is 1. The molecule has 1 aliphatic rings. The zero-order chi connectivity index (χ0) is 13.6. The predicted octanol–water partition coefficient (Wildman–Crippen LogP) is 1.54. The third-order valence-electron chi connectivity index (χ3n) is 3.41. The van der Waals surface area contributed by atoms with Gasteiger partial charge in [-0.15, -0.1) is 0 Å². The molecule has 0 aromatic heterocycles. The Morgan fingerprint density at radius 1 is 1.39 bits per heavy atom. The van der Waals surface area contributed by atoms with Crippen molar-refractivity contribution in [2.75, 3.05) is 12.3 Å². The number of nitrogens with two attached hydrogens (primary N) is 1. The molecule has 0 atom stereocenters. The molecule has 5 nitrogen and oxygen atoms in total. The second-order valence-corrected chi connectivity index (χ2v) is 7.08. The number of anilines is 1. The lowest BCUT2D eigenvalue weighted by molar-refractivity contribution is 0.291. The standard InChI is InChI=1S/C12H18N2O3S/c1-12(2)6-3-7-14(12)18(16,17)9-4-5-11(15)10(13)8-9/h4-5,8,15H,3,6-7,13H2,1-2H3. The van der Waals surface area contributed by atoms with Crippen LogP contribution in [0.2, 0.25) is 0 Å². The fourth-order valence-corrected chi connectivity index (χ4v) is 4.23. The van der Waals surface area contributed by atoms with E-state index in [1.54, 1.807) is 0 Å². The topological polar surface area (TPSA) is 83.6 Å². The number of hydrogen-bond donors (Lipinski definition) is 2. The van der Waals surface area contributed by atoms with Crippen molar-refractivity contribution in [2.24, 2.45) is 0 Å². The Bertz CT molecular complexity index is 567. The van der Waals surface area contributed by atoms with Crippen molar-refractivity contribution in [2.45, 2.75) is 37.1 Å². The number of phenolic OH excluding ortho intramolecular Hbond substituents is 1. The highest BCUT2D eigenvalue weighted by molar-refractivity contribution is 7.89. The van der Waals surface area contributed by atoms with Crippen LogP contribution in [0.1, 0.15) is 26.7 Å². The SMILES string of the molecule is CC1(C)CCCN1S(=O)(=O)c1ccc(O)c(N)c1. The van der Waals surface area contributed by atoms with E-state index < -0.39 is 10.0 Å². The van der Waals surface area contributed by atoms with Crippen LogP contribution >= 0.6 is 0 Å². The van der Waals surface area contributed by atoms with Crippen LogP contribution in [-0.4, -0.2) is 29.9 Å². The largest absolute Gasteiger partial charge is 0.506 e. The van der Waals surface area contributed by atoms with Gasteiger partial charge in [0, 0.05) is 12.1 Å². The molecule has 1 aromatic rings.